The fraction of sp³-hybridized carbons (Fsp3) is 0.571. The molecule has 3 rings (SSSR count). The van der Waals surface area contributed by atoms with Gasteiger partial charge in [-0.05, 0) is 19.8 Å². The van der Waals surface area contributed by atoms with Gasteiger partial charge in [0.25, 0.3) is 5.56 Å². The number of aromatic nitrogens is 4. The highest BCUT2D eigenvalue weighted by Crippen LogP contribution is 2.15. The van der Waals surface area contributed by atoms with Gasteiger partial charge < -0.3 is 15.6 Å². The van der Waals surface area contributed by atoms with E-state index in [9.17, 15) is 9.59 Å². The van der Waals surface area contributed by atoms with Crippen LogP contribution in [0.25, 0.3) is 11.2 Å². The molecule has 0 saturated carbocycles. The minimum Gasteiger partial charge on any atom is -0.369 e. The Bertz CT molecular complexity index is 766. The molecule has 124 valence electrons. The lowest BCUT2D eigenvalue weighted by molar-refractivity contribution is -0.122. The number of piperidine rings is 1. The molecule has 1 amide bonds. The van der Waals surface area contributed by atoms with Crippen molar-refractivity contribution in [2.45, 2.75) is 38.8 Å². The van der Waals surface area contributed by atoms with Gasteiger partial charge in [0, 0.05) is 12.6 Å². The average molecular weight is 319 g/mol. The quantitative estimate of drug-likeness (QED) is 0.708. The third-order valence-electron chi connectivity index (χ3n) is 4.23. The Balaban J connectivity index is 1.65. The van der Waals surface area contributed by atoms with E-state index in [1.165, 1.54) is 23.7 Å². The van der Waals surface area contributed by atoms with Crippen LogP contribution >= 0.6 is 0 Å². The molecule has 3 heterocycles. The number of fused-ring (bicyclic) bond motifs is 1. The molecule has 1 aliphatic heterocycles. The van der Waals surface area contributed by atoms with Gasteiger partial charge in [-0.1, -0.05) is 6.42 Å². The number of rotatable bonds is 4. The molecule has 1 saturated heterocycles. The van der Waals surface area contributed by atoms with E-state index in [1.54, 1.807) is 0 Å². The Kier molecular flexibility index (Phi) is 4.28. The second-order valence-corrected chi connectivity index (χ2v) is 5.91. The summed E-state index contributed by atoms with van der Waals surface area (Å²) in [5, 5.41) is 2.91. The van der Waals surface area contributed by atoms with Crippen LogP contribution in [-0.4, -0.2) is 49.6 Å². The first kappa shape index (κ1) is 15.5. The van der Waals surface area contributed by atoms with Gasteiger partial charge >= 0.3 is 0 Å². The van der Waals surface area contributed by atoms with Crippen molar-refractivity contribution in [2.24, 2.45) is 0 Å². The molecule has 0 bridgehead atoms. The van der Waals surface area contributed by atoms with E-state index in [-0.39, 0.29) is 23.9 Å². The van der Waals surface area contributed by atoms with E-state index < -0.39 is 5.56 Å². The zero-order valence-electron chi connectivity index (χ0n) is 13.1. The third-order valence-corrected chi connectivity index (χ3v) is 4.23. The lowest BCUT2D eigenvalue weighted by Gasteiger charge is -2.33. The second kappa shape index (κ2) is 6.37. The SMILES string of the molecule is CC1CCCCN1CNC(=O)Cn1cnc2c(=O)[nH]c(N)nc21. The van der Waals surface area contributed by atoms with Gasteiger partial charge in [0.15, 0.2) is 11.2 Å². The third kappa shape index (κ3) is 3.34. The fourth-order valence-electron chi connectivity index (χ4n) is 2.88. The van der Waals surface area contributed by atoms with Crippen LogP contribution in [0.4, 0.5) is 5.95 Å². The van der Waals surface area contributed by atoms with Crippen molar-refractivity contribution in [3.63, 3.8) is 0 Å². The molecule has 2 aromatic rings. The smallest absolute Gasteiger partial charge is 0.280 e. The highest BCUT2D eigenvalue weighted by atomic mass is 16.2. The van der Waals surface area contributed by atoms with Crippen LogP contribution in [0.5, 0.6) is 0 Å². The van der Waals surface area contributed by atoms with Gasteiger partial charge in [0.1, 0.15) is 6.54 Å². The standard InChI is InChI=1S/C14H21N7O2/c1-9-4-2-3-5-20(9)7-16-10(22)6-21-8-17-11-12(21)18-14(15)19-13(11)23/h8-9H,2-7H2,1H3,(H,16,22)(H3,15,18,19,23). The van der Waals surface area contributed by atoms with Crippen LogP contribution in [0, 0.1) is 0 Å². The lowest BCUT2D eigenvalue weighted by atomic mass is 10.0. The minimum absolute atomic E-state index is 0.00630. The highest BCUT2D eigenvalue weighted by molar-refractivity contribution is 5.78. The number of H-pyrrole nitrogens is 1. The maximum absolute atomic E-state index is 12.1. The molecule has 1 aliphatic rings. The van der Waals surface area contributed by atoms with Crippen LogP contribution in [0.3, 0.4) is 0 Å². The van der Waals surface area contributed by atoms with Crippen molar-refractivity contribution >= 4 is 23.0 Å². The van der Waals surface area contributed by atoms with Crippen molar-refractivity contribution in [3.05, 3.63) is 16.7 Å². The molecule has 0 aliphatic carbocycles. The zero-order chi connectivity index (χ0) is 16.4. The van der Waals surface area contributed by atoms with Gasteiger partial charge in [0.05, 0.1) is 13.0 Å². The maximum atomic E-state index is 12.1. The predicted octanol–water partition coefficient (Wildman–Crippen LogP) is -0.350. The van der Waals surface area contributed by atoms with Gasteiger partial charge in [-0.15, -0.1) is 0 Å². The molecule has 1 unspecified atom stereocenters. The number of carbonyl (C=O) groups excluding carboxylic acids is 1. The summed E-state index contributed by atoms with van der Waals surface area (Å²) in [4.78, 5) is 36.5. The number of hydrogen-bond acceptors (Lipinski definition) is 6. The van der Waals surface area contributed by atoms with Crippen molar-refractivity contribution in [3.8, 4) is 0 Å². The van der Waals surface area contributed by atoms with Crippen molar-refractivity contribution in [1.82, 2.24) is 29.7 Å². The number of likely N-dealkylation sites (tertiary alicyclic amines) is 1. The number of amides is 1. The Morgan fingerprint density at radius 3 is 3.13 bits per heavy atom. The van der Waals surface area contributed by atoms with Crippen LogP contribution in [0.1, 0.15) is 26.2 Å². The van der Waals surface area contributed by atoms with Crippen molar-refractivity contribution in [2.75, 3.05) is 18.9 Å². The molecule has 0 aromatic carbocycles. The summed E-state index contributed by atoms with van der Waals surface area (Å²) in [6.07, 6.45) is 5.00. The first-order valence-corrected chi connectivity index (χ1v) is 7.76. The van der Waals surface area contributed by atoms with Gasteiger partial charge in [-0.2, -0.15) is 4.98 Å². The second-order valence-electron chi connectivity index (χ2n) is 5.91. The van der Waals surface area contributed by atoms with Crippen LogP contribution < -0.4 is 16.6 Å². The summed E-state index contributed by atoms with van der Waals surface area (Å²) in [7, 11) is 0. The fourth-order valence-corrected chi connectivity index (χ4v) is 2.88. The Morgan fingerprint density at radius 2 is 2.35 bits per heavy atom. The molecule has 9 nitrogen and oxygen atoms in total. The molecule has 0 spiro atoms. The summed E-state index contributed by atoms with van der Waals surface area (Å²) >= 11 is 0. The predicted molar refractivity (Wildman–Crippen MR) is 85.6 cm³/mol. The average Bonchev–Trinajstić information content (AvgIpc) is 2.89. The van der Waals surface area contributed by atoms with Gasteiger partial charge in [0.2, 0.25) is 11.9 Å². The number of nitrogens with one attached hydrogen (secondary N) is 2. The summed E-state index contributed by atoms with van der Waals surface area (Å²) < 4.78 is 1.52. The normalized spacial score (nSPS) is 19.1. The number of anilines is 1. The van der Waals surface area contributed by atoms with Crippen LogP contribution in [0.15, 0.2) is 11.1 Å². The molecule has 2 aromatic heterocycles. The van der Waals surface area contributed by atoms with E-state index in [0.717, 1.165) is 13.0 Å². The van der Waals surface area contributed by atoms with E-state index in [0.29, 0.717) is 18.4 Å². The first-order chi connectivity index (χ1) is 11.0. The van der Waals surface area contributed by atoms with Crippen LogP contribution in [0.2, 0.25) is 0 Å². The molecule has 23 heavy (non-hydrogen) atoms. The largest absolute Gasteiger partial charge is 0.369 e. The Hall–Kier alpha value is -2.42. The molecular formula is C14H21N7O2. The van der Waals surface area contributed by atoms with Gasteiger partial charge in [-0.3, -0.25) is 19.5 Å². The highest BCUT2D eigenvalue weighted by Gasteiger charge is 2.18. The van der Waals surface area contributed by atoms with Crippen molar-refractivity contribution in [1.29, 1.82) is 0 Å². The van der Waals surface area contributed by atoms with E-state index in [1.807, 2.05) is 0 Å². The number of carbonyl (C=O) groups is 1. The summed E-state index contributed by atoms with van der Waals surface area (Å²) in [5.41, 5.74) is 5.62. The van der Waals surface area contributed by atoms with Gasteiger partial charge in [-0.25, -0.2) is 4.98 Å². The van der Waals surface area contributed by atoms with Crippen molar-refractivity contribution < 1.29 is 4.79 Å². The number of aromatic amines is 1. The molecule has 0 radical (unpaired) electrons. The lowest BCUT2D eigenvalue weighted by Crippen LogP contribution is -2.45. The van der Waals surface area contributed by atoms with E-state index in [4.69, 9.17) is 5.73 Å². The first-order valence-electron chi connectivity index (χ1n) is 7.76. The maximum Gasteiger partial charge on any atom is 0.280 e. The molecule has 1 fully saturated rings. The zero-order valence-corrected chi connectivity index (χ0v) is 13.1. The molecule has 4 N–H and O–H groups in total. The number of nitrogens with zero attached hydrogens (tertiary/aromatic N) is 4. The summed E-state index contributed by atoms with van der Waals surface area (Å²) in [6.45, 7) is 3.76. The molecule has 9 heteroatoms. The van der Waals surface area contributed by atoms with E-state index in [2.05, 4.69) is 32.1 Å². The Morgan fingerprint density at radius 1 is 1.52 bits per heavy atom. The van der Waals surface area contributed by atoms with Crippen LogP contribution in [-0.2, 0) is 11.3 Å². The minimum atomic E-state index is -0.409. The summed E-state index contributed by atoms with van der Waals surface area (Å²) in [5.74, 6) is -0.144. The number of nitrogen functional groups attached to an aromatic ring is 1. The number of hydrogen-bond donors (Lipinski definition) is 3. The Labute approximate surface area is 132 Å². The number of imidazole rings is 1. The topological polar surface area (TPSA) is 122 Å². The molecular weight excluding hydrogens is 298 g/mol. The summed E-state index contributed by atoms with van der Waals surface area (Å²) in [6, 6.07) is 0.484. The monoisotopic (exact) mass is 319 g/mol. The number of nitrogens with two attached hydrogens (primary N) is 1. The van der Waals surface area contributed by atoms with E-state index >= 15 is 0 Å². The molecule has 1 atom stereocenters.